The second kappa shape index (κ2) is 7.75. The molecule has 2 rings (SSSR count). The van der Waals surface area contributed by atoms with E-state index in [1.165, 1.54) is 6.92 Å². The van der Waals surface area contributed by atoms with Crippen molar-refractivity contribution < 1.29 is 29.0 Å². The molecule has 1 N–H and O–H groups in total. The number of thiazole rings is 1. The molecule has 0 aliphatic carbocycles. The summed E-state index contributed by atoms with van der Waals surface area (Å²) in [7, 11) is 0. The molecule has 0 aromatic carbocycles. The average molecular weight is 372 g/mol. The summed E-state index contributed by atoms with van der Waals surface area (Å²) in [4.78, 5) is 51.9. The van der Waals surface area contributed by atoms with E-state index in [4.69, 9.17) is 9.84 Å². The lowest BCUT2D eigenvalue weighted by atomic mass is 10.3. The van der Waals surface area contributed by atoms with Crippen LogP contribution in [0.25, 0.3) is 0 Å². The largest absolute Gasteiger partial charge is 0.480 e. The molecule has 1 fully saturated rings. The minimum absolute atomic E-state index is 0.0329. The van der Waals surface area contributed by atoms with Crippen molar-refractivity contribution in [3.63, 3.8) is 0 Å². The number of carbonyl (C=O) groups is 4. The van der Waals surface area contributed by atoms with E-state index < -0.39 is 34.3 Å². The maximum atomic E-state index is 12.4. The molecular weight excluding hydrogens is 356 g/mol. The number of hydrogen-bond acceptors (Lipinski definition) is 8. The topological polar surface area (TPSA) is 114 Å². The first-order valence-electron chi connectivity index (χ1n) is 7.18. The molecule has 0 spiro atoms. The second-order valence-electron chi connectivity index (χ2n) is 4.98. The summed E-state index contributed by atoms with van der Waals surface area (Å²) in [6.07, 6.45) is -0.0945. The Labute approximate surface area is 146 Å². The fourth-order valence-corrected chi connectivity index (χ4v) is 3.97. The van der Waals surface area contributed by atoms with Crippen LogP contribution in [0.2, 0.25) is 0 Å². The Morgan fingerprint density at radius 1 is 1.54 bits per heavy atom. The Balaban J connectivity index is 2.08. The Kier molecular flexibility index (Phi) is 5.94. The van der Waals surface area contributed by atoms with Gasteiger partial charge in [-0.25, -0.2) is 9.88 Å². The van der Waals surface area contributed by atoms with Crippen LogP contribution < -0.4 is 4.90 Å². The van der Waals surface area contributed by atoms with Crippen LogP contribution in [0.1, 0.15) is 26.0 Å². The third-order valence-electron chi connectivity index (χ3n) is 3.18. The Morgan fingerprint density at radius 3 is 2.88 bits per heavy atom. The highest BCUT2D eigenvalue weighted by Crippen LogP contribution is 2.33. The average Bonchev–Trinajstić information content (AvgIpc) is 3.04. The summed E-state index contributed by atoms with van der Waals surface area (Å²) < 4.78 is 4.83. The summed E-state index contributed by atoms with van der Waals surface area (Å²) in [6, 6.07) is 0. The zero-order valence-electron chi connectivity index (χ0n) is 13.1. The Bertz CT molecular complexity index is 674. The lowest BCUT2D eigenvalue weighted by molar-refractivity contribution is -0.142. The van der Waals surface area contributed by atoms with Gasteiger partial charge in [-0.1, -0.05) is 0 Å². The van der Waals surface area contributed by atoms with E-state index in [9.17, 15) is 19.2 Å². The molecule has 2 atom stereocenters. The number of ether oxygens (including phenoxy) is 1. The number of hydrogen-bond donors (Lipinski definition) is 1. The third kappa shape index (κ3) is 4.12. The van der Waals surface area contributed by atoms with Crippen LogP contribution in [-0.4, -0.2) is 51.0 Å². The van der Waals surface area contributed by atoms with E-state index in [1.807, 2.05) is 0 Å². The first-order valence-corrected chi connectivity index (χ1v) is 9.00. The molecule has 1 saturated heterocycles. The number of carboxylic acids is 1. The SMILES string of the molecule is CCOC(=O)Cc1csc(N2C(=O)CC(SC(C)C(=O)O)C2=O)n1. The van der Waals surface area contributed by atoms with Gasteiger partial charge in [-0.05, 0) is 13.8 Å². The van der Waals surface area contributed by atoms with Crippen molar-refractivity contribution in [1.82, 2.24) is 4.98 Å². The van der Waals surface area contributed by atoms with Gasteiger partial charge in [0.05, 0.1) is 24.0 Å². The molecule has 8 nitrogen and oxygen atoms in total. The van der Waals surface area contributed by atoms with E-state index in [0.29, 0.717) is 5.69 Å². The van der Waals surface area contributed by atoms with Gasteiger partial charge in [-0.3, -0.25) is 19.2 Å². The van der Waals surface area contributed by atoms with Crippen molar-refractivity contribution in [3.8, 4) is 0 Å². The maximum absolute atomic E-state index is 12.4. The van der Waals surface area contributed by atoms with E-state index in [0.717, 1.165) is 28.0 Å². The normalized spacial score (nSPS) is 18.8. The number of carboxylic acid groups (broad SMARTS) is 1. The van der Waals surface area contributed by atoms with E-state index in [-0.39, 0.29) is 24.6 Å². The summed E-state index contributed by atoms with van der Waals surface area (Å²) in [6.45, 7) is 3.43. The molecule has 130 valence electrons. The molecule has 1 aliphatic heterocycles. The number of aromatic nitrogens is 1. The smallest absolute Gasteiger partial charge is 0.316 e. The summed E-state index contributed by atoms with van der Waals surface area (Å²) in [5.74, 6) is -2.37. The molecule has 1 aromatic heterocycles. The predicted octanol–water partition coefficient (Wildman–Crippen LogP) is 1.09. The second-order valence-corrected chi connectivity index (χ2v) is 7.36. The molecule has 24 heavy (non-hydrogen) atoms. The minimum atomic E-state index is -1.04. The fourth-order valence-electron chi connectivity index (χ4n) is 2.06. The van der Waals surface area contributed by atoms with Crippen molar-refractivity contribution in [3.05, 3.63) is 11.1 Å². The van der Waals surface area contributed by atoms with E-state index >= 15 is 0 Å². The highest BCUT2D eigenvalue weighted by molar-refractivity contribution is 8.01. The number of aliphatic carboxylic acids is 1. The van der Waals surface area contributed by atoms with Crippen LogP contribution >= 0.6 is 23.1 Å². The molecule has 0 saturated carbocycles. The van der Waals surface area contributed by atoms with Crippen molar-refractivity contribution in [1.29, 1.82) is 0 Å². The van der Waals surface area contributed by atoms with Crippen LogP contribution in [0, 0.1) is 0 Å². The fraction of sp³-hybridized carbons (Fsp3) is 0.500. The molecular formula is C14H16N2O6S2. The summed E-state index contributed by atoms with van der Waals surface area (Å²) in [5, 5.41) is 9.18. The third-order valence-corrected chi connectivity index (χ3v) is 5.36. The van der Waals surface area contributed by atoms with E-state index in [1.54, 1.807) is 12.3 Å². The van der Waals surface area contributed by atoms with Crippen LogP contribution in [0.5, 0.6) is 0 Å². The lowest BCUT2D eigenvalue weighted by Gasteiger charge is -2.12. The van der Waals surface area contributed by atoms with Crippen molar-refractivity contribution in [2.24, 2.45) is 0 Å². The molecule has 2 amide bonds. The molecule has 10 heteroatoms. The number of amides is 2. The number of anilines is 1. The minimum Gasteiger partial charge on any atom is -0.480 e. The number of nitrogens with zero attached hydrogens (tertiary/aromatic N) is 2. The number of imide groups is 1. The molecule has 1 aliphatic rings. The molecule has 2 unspecified atom stereocenters. The highest BCUT2D eigenvalue weighted by atomic mass is 32.2. The highest BCUT2D eigenvalue weighted by Gasteiger charge is 2.42. The van der Waals surface area contributed by atoms with Gasteiger partial charge < -0.3 is 9.84 Å². The first kappa shape index (κ1) is 18.4. The van der Waals surface area contributed by atoms with Gasteiger partial charge in [0.2, 0.25) is 11.8 Å². The van der Waals surface area contributed by atoms with Crippen molar-refractivity contribution in [2.45, 2.75) is 37.2 Å². The van der Waals surface area contributed by atoms with Crippen LogP contribution in [-0.2, 0) is 30.3 Å². The zero-order valence-corrected chi connectivity index (χ0v) is 14.7. The number of rotatable bonds is 7. The van der Waals surface area contributed by atoms with Gasteiger partial charge in [0.15, 0.2) is 5.13 Å². The van der Waals surface area contributed by atoms with Crippen LogP contribution in [0.3, 0.4) is 0 Å². The predicted molar refractivity (Wildman–Crippen MR) is 88.0 cm³/mol. The molecule has 2 heterocycles. The quantitative estimate of drug-likeness (QED) is 0.559. The zero-order chi connectivity index (χ0) is 17.9. The molecule has 1 aromatic rings. The van der Waals surface area contributed by atoms with Crippen molar-refractivity contribution in [2.75, 3.05) is 11.5 Å². The first-order chi connectivity index (χ1) is 11.3. The number of thioether (sulfide) groups is 1. The Hall–Kier alpha value is -1.94. The number of esters is 1. The van der Waals surface area contributed by atoms with Gasteiger partial charge in [0.25, 0.3) is 0 Å². The molecule has 0 bridgehead atoms. The maximum Gasteiger partial charge on any atom is 0.316 e. The van der Waals surface area contributed by atoms with Crippen LogP contribution in [0.15, 0.2) is 5.38 Å². The van der Waals surface area contributed by atoms with Gasteiger partial charge in [-0.15, -0.1) is 23.1 Å². The monoisotopic (exact) mass is 372 g/mol. The molecule has 0 radical (unpaired) electrons. The summed E-state index contributed by atoms with van der Waals surface area (Å²) >= 11 is 2.02. The summed E-state index contributed by atoms with van der Waals surface area (Å²) in [5.41, 5.74) is 0.420. The van der Waals surface area contributed by atoms with Crippen LogP contribution in [0.4, 0.5) is 5.13 Å². The van der Waals surface area contributed by atoms with E-state index in [2.05, 4.69) is 4.98 Å². The van der Waals surface area contributed by atoms with Gasteiger partial charge in [0.1, 0.15) is 5.25 Å². The Morgan fingerprint density at radius 2 is 2.25 bits per heavy atom. The van der Waals surface area contributed by atoms with Gasteiger partial charge in [0, 0.05) is 11.8 Å². The van der Waals surface area contributed by atoms with Gasteiger partial charge in [-0.2, -0.15) is 0 Å². The lowest BCUT2D eigenvalue weighted by Crippen LogP contribution is -2.32. The van der Waals surface area contributed by atoms with Crippen molar-refractivity contribution >= 4 is 52.0 Å². The number of carbonyl (C=O) groups excluding carboxylic acids is 3. The van der Waals surface area contributed by atoms with Gasteiger partial charge >= 0.3 is 11.9 Å². The standard InChI is InChI=1S/C14H16N2O6S2/c1-3-22-11(18)4-8-6-23-14(15-8)16-10(17)5-9(12(16)19)24-7(2)13(20)21/h6-7,9H,3-5H2,1-2H3,(H,20,21).